The largest absolute Gasteiger partial charge is 0.237 e. The summed E-state index contributed by atoms with van der Waals surface area (Å²) in [5, 5.41) is 4.86. The van der Waals surface area contributed by atoms with Crippen LogP contribution in [0, 0.1) is 6.57 Å². The molecule has 0 aliphatic rings. The SMILES string of the molecule is [C-]#[N+]c1c(-c2cccc(-c3cc4ccccc4c4ccccc34)c2)cccc1-c1ccccc1-c1nc(-c2ccccc2)nc(-c2ccccc2-c2ccccc2)n1. The number of benzene rings is 9. The van der Waals surface area contributed by atoms with E-state index in [-0.39, 0.29) is 0 Å². The third kappa shape index (κ3) is 6.27. The third-order valence-corrected chi connectivity index (χ3v) is 10.8. The molecule has 0 bridgehead atoms. The van der Waals surface area contributed by atoms with E-state index >= 15 is 0 Å². The Labute approximate surface area is 337 Å². The zero-order valence-corrected chi connectivity index (χ0v) is 31.4. The van der Waals surface area contributed by atoms with Crippen LogP contribution in [0.3, 0.4) is 0 Å². The minimum Gasteiger partial charge on any atom is -0.237 e. The molecule has 4 nitrogen and oxygen atoms in total. The standard InChI is InChI=1S/C54H34N4/c1-55-51-43(38-23-16-24-39(34-38)50-35-40-22-8-9-26-42(40)44-27-11-12-28-45(44)50)32-17-33-47(51)46-29-13-15-31-49(46)54-57-52(37-20-6-3-7-21-37)56-53(58-54)48-30-14-10-25-41(48)36-18-4-2-5-19-36/h2-35H. The maximum atomic E-state index is 8.60. The van der Waals surface area contributed by atoms with Crippen LogP contribution in [-0.4, -0.2) is 15.0 Å². The van der Waals surface area contributed by atoms with Crippen molar-refractivity contribution in [3.63, 3.8) is 0 Å². The van der Waals surface area contributed by atoms with Crippen molar-refractivity contribution >= 4 is 27.2 Å². The molecule has 4 heteroatoms. The Morgan fingerprint density at radius 1 is 0.293 bits per heavy atom. The Bertz CT molecular complexity index is 3180. The number of rotatable bonds is 7. The molecule has 270 valence electrons. The summed E-state index contributed by atoms with van der Waals surface area (Å²) in [7, 11) is 0. The van der Waals surface area contributed by atoms with Crippen LogP contribution >= 0.6 is 0 Å². The topological polar surface area (TPSA) is 43.0 Å². The first-order valence-electron chi connectivity index (χ1n) is 19.3. The molecule has 0 aliphatic carbocycles. The van der Waals surface area contributed by atoms with E-state index < -0.39 is 0 Å². The number of fused-ring (bicyclic) bond motifs is 3. The lowest BCUT2D eigenvalue weighted by molar-refractivity contribution is 1.07. The predicted octanol–water partition coefficient (Wildman–Crippen LogP) is 14.4. The highest BCUT2D eigenvalue weighted by atomic mass is 15.0. The fourth-order valence-corrected chi connectivity index (χ4v) is 8.06. The lowest BCUT2D eigenvalue weighted by Crippen LogP contribution is -2.02. The van der Waals surface area contributed by atoms with Crippen LogP contribution in [0.4, 0.5) is 5.69 Å². The fraction of sp³-hybridized carbons (Fsp3) is 0. The molecule has 0 saturated heterocycles. The smallest absolute Gasteiger partial charge is 0.202 e. The van der Waals surface area contributed by atoms with Crippen molar-refractivity contribution in [2.75, 3.05) is 0 Å². The van der Waals surface area contributed by atoms with E-state index in [1.165, 1.54) is 21.5 Å². The molecule has 0 unspecified atom stereocenters. The normalized spacial score (nSPS) is 11.1. The van der Waals surface area contributed by atoms with Gasteiger partial charge >= 0.3 is 0 Å². The molecule has 0 amide bonds. The summed E-state index contributed by atoms with van der Waals surface area (Å²) >= 11 is 0. The number of para-hydroxylation sites is 1. The van der Waals surface area contributed by atoms with Crippen molar-refractivity contribution in [3.8, 4) is 78.7 Å². The van der Waals surface area contributed by atoms with Gasteiger partial charge in [0.25, 0.3) is 0 Å². The second kappa shape index (κ2) is 14.9. The summed E-state index contributed by atoms with van der Waals surface area (Å²) in [4.78, 5) is 19.6. The summed E-state index contributed by atoms with van der Waals surface area (Å²) in [6.45, 7) is 8.60. The molecule has 0 fully saturated rings. The molecule has 1 aromatic heterocycles. The van der Waals surface area contributed by atoms with Crippen molar-refractivity contribution in [1.29, 1.82) is 0 Å². The highest BCUT2D eigenvalue weighted by Gasteiger charge is 2.20. The van der Waals surface area contributed by atoms with Gasteiger partial charge in [-0.15, -0.1) is 0 Å². The zero-order valence-electron chi connectivity index (χ0n) is 31.4. The average molecular weight is 739 g/mol. The average Bonchev–Trinajstić information content (AvgIpc) is 3.31. The summed E-state index contributed by atoms with van der Waals surface area (Å²) in [5.41, 5.74) is 11.1. The molecule has 0 atom stereocenters. The van der Waals surface area contributed by atoms with Crippen LogP contribution in [0.15, 0.2) is 206 Å². The maximum absolute atomic E-state index is 8.60. The Balaban J connectivity index is 1.13. The summed E-state index contributed by atoms with van der Waals surface area (Å²) < 4.78 is 0. The molecule has 1 heterocycles. The van der Waals surface area contributed by atoms with Gasteiger partial charge < -0.3 is 0 Å². The van der Waals surface area contributed by atoms with E-state index in [0.717, 1.165) is 61.2 Å². The highest BCUT2D eigenvalue weighted by molar-refractivity contribution is 6.14. The number of nitrogens with zero attached hydrogens (tertiary/aromatic N) is 4. The van der Waals surface area contributed by atoms with E-state index in [1.54, 1.807) is 0 Å². The molecule has 9 aromatic carbocycles. The van der Waals surface area contributed by atoms with Gasteiger partial charge in [0.1, 0.15) is 0 Å². The van der Waals surface area contributed by atoms with Crippen LogP contribution in [-0.2, 0) is 0 Å². The lowest BCUT2D eigenvalue weighted by Gasteiger charge is -2.16. The zero-order chi connectivity index (χ0) is 38.8. The van der Waals surface area contributed by atoms with E-state index in [1.807, 2.05) is 97.1 Å². The van der Waals surface area contributed by atoms with Crippen molar-refractivity contribution in [2.24, 2.45) is 0 Å². The molecule has 58 heavy (non-hydrogen) atoms. The lowest BCUT2D eigenvalue weighted by atomic mass is 9.90. The molecule has 0 aliphatic heterocycles. The van der Waals surface area contributed by atoms with Crippen molar-refractivity contribution in [2.45, 2.75) is 0 Å². The van der Waals surface area contributed by atoms with E-state index in [2.05, 4.69) is 114 Å². The van der Waals surface area contributed by atoms with Crippen molar-refractivity contribution in [1.82, 2.24) is 15.0 Å². The predicted molar refractivity (Wildman–Crippen MR) is 239 cm³/mol. The minimum absolute atomic E-state index is 0.536. The maximum Gasteiger partial charge on any atom is 0.202 e. The van der Waals surface area contributed by atoms with E-state index in [0.29, 0.717) is 23.2 Å². The van der Waals surface area contributed by atoms with Gasteiger partial charge in [-0.3, -0.25) is 0 Å². The second-order valence-electron chi connectivity index (χ2n) is 14.2. The molecule has 0 N–H and O–H groups in total. The number of aromatic nitrogens is 3. The molecule has 0 spiro atoms. The Morgan fingerprint density at radius 2 is 0.759 bits per heavy atom. The molecular formula is C54H34N4. The van der Waals surface area contributed by atoms with Crippen LogP contribution in [0.25, 0.3) is 105 Å². The first-order chi connectivity index (χ1) is 28.7. The fourth-order valence-electron chi connectivity index (χ4n) is 8.06. The summed E-state index contributed by atoms with van der Waals surface area (Å²) in [6.07, 6.45) is 0. The first-order valence-corrected chi connectivity index (χ1v) is 19.3. The van der Waals surface area contributed by atoms with Crippen LogP contribution in [0.2, 0.25) is 0 Å². The quantitative estimate of drug-likeness (QED) is 0.121. The minimum atomic E-state index is 0.536. The van der Waals surface area contributed by atoms with Gasteiger partial charge in [0.05, 0.1) is 6.57 Å². The van der Waals surface area contributed by atoms with Crippen molar-refractivity contribution < 1.29 is 0 Å². The van der Waals surface area contributed by atoms with Crippen LogP contribution in [0.1, 0.15) is 0 Å². The van der Waals surface area contributed by atoms with Gasteiger partial charge in [0, 0.05) is 16.7 Å². The Kier molecular flexibility index (Phi) is 8.87. The molecular weight excluding hydrogens is 705 g/mol. The molecule has 0 saturated carbocycles. The van der Waals surface area contributed by atoms with Crippen LogP contribution < -0.4 is 0 Å². The number of hydrogen-bond donors (Lipinski definition) is 0. The second-order valence-corrected chi connectivity index (χ2v) is 14.2. The monoisotopic (exact) mass is 738 g/mol. The molecule has 10 aromatic rings. The summed E-state index contributed by atoms with van der Waals surface area (Å²) in [5.74, 6) is 1.69. The first kappa shape index (κ1) is 34.5. The van der Waals surface area contributed by atoms with Crippen LogP contribution in [0.5, 0.6) is 0 Å². The Morgan fingerprint density at radius 3 is 1.47 bits per heavy atom. The van der Waals surface area contributed by atoms with Gasteiger partial charge in [-0.2, -0.15) is 0 Å². The molecule has 10 rings (SSSR count). The van der Waals surface area contributed by atoms with Gasteiger partial charge in [0.15, 0.2) is 17.5 Å². The summed E-state index contributed by atoms with van der Waals surface area (Å²) in [6, 6.07) is 70.8. The Hall–Kier alpha value is -8.00. The van der Waals surface area contributed by atoms with E-state index in [4.69, 9.17) is 21.5 Å². The van der Waals surface area contributed by atoms with Gasteiger partial charge in [-0.05, 0) is 78.2 Å². The molecule has 0 radical (unpaired) electrons. The van der Waals surface area contributed by atoms with E-state index in [9.17, 15) is 0 Å². The van der Waals surface area contributed by atoms with Gasteiger partial charge in [0.2, 0.25) is 5.69 Å². The van der Waals surface area contributed by atoms with Gasteiger partial charge in [-0.1, -0.05) is 194 Å². The number of hydrogen-bond acceptors (Lipinski definition) is 3. The van der Waals surface area contributed by atoms with Crippen molar-refractivity contribution in [3.05, 3.63) is 218 Å². The van der Waals surface area contributed by atoms with Gasteiger partial charge in [-0.25, -0.2) is 19.8 Å². The third-order valence-electron chi connectivity index (χ3n) is 10.8. The highest BCUT2D eigenvalue weighted by Crippen LogP contribution is 2.44.